The van der Waals surface area contributed by atoms with E-state index in [1.807, 2.05) is 45.0 Å². The Morgan fingerprint density at radius 2 is 1.96 bits per heavy atom. The number of rotatable bonds is 4. The maximum Gasteiger partial charge on any atom is 0.426 e. The van der Waals surface area contributed by atoms with Gasteiger partial charge in [0.05, 0.1) is 29.4 Å². The van der Waals surface area contributed by atoms with Crippen LogP contribution in [-0.2, 0) is 4.74 Å². The van der Waals surface area contributed by atoms with Crippen molar-refractivity contribution >= 4 is 23.0 Å². The Bertz CT molecular complexity index is 1030. The predicted octanol–water partition coefficient (Wildman–Crippen LogP) is 3.38. The molecule has 2 heterocycles. The second-order valence-electron chi connectivity index (χ2n) is 6.59. The zero-order valence-corrected chi connectivity index (χ0v) is 16.3. The lowest BCUT2D eigenvalue weighted by Gasteiger charge is -2.12. The molecule has 0 saturated heterocycles. The van der Waals surface area contributed by atoms with Crippen molar-refractivity contribution in [1.82, 2.24) is 25.6 Å². The van der Waals surface area contributed by atoms with Crippen LogP contribution in [0.3, 0.4) is 0 Å². The van der Waals surface area contributed by atoms with Gasteiger partial charge >= 0.3 is 6.09 Å². The molecule has 2 amide bonds. The van der Waals surface area contributed by atoms with Crippen molar-refractivity contribution < 1.29 is 14.3 Å². The van der Waals surface area contributed by atoms with E-state index in [-0.39, 0.29) is 12.6 Å². The van der Waals surface area contributed by atoms with Gasteiger partial charge in [-0.05, 0) is 39.3 Å². The molecule has 0 bridgehead atoms. The first-order valence-electron chi connectivity index (χ1n) is 9.09. The summed E-state index contributed by atoms with van der Waals surface area (Å²) in [6.45, 7) is 7.87. The number of aromatic nitrogens is 3. The summed E-state index contributed by atoms with van der Waals surface area (Å²) in [4.78, 5) is 29.0. The molecule has 3 rings (SSSR count). The molecule has 1 aromatic carbocycles. The number of hydrazine groups is 1. The number of hydrogen-bond acceptors (Lipinski definition) is 5. The van der Waals surface area contributed by atoms with Gasteiger partial charge in [-0.1, -0.05) is 24.3 Å². The lowest BCUT2D eigenvalue weighted by molar-refractivity contribution is 0.0914. The smallest absolute Gasteiger partial charge is 0.426 e. The first-order chi connectivity index (χ1) is 13.4. The fourth-order valence-corrected chi connectivity index (χ4v) is 2.92. The third-order valence-electron chi connectivity index (χ3n) is 4.28. The molecule has 0 saturated carbocycles. The number of amides is 2. The Labute approximate surface area is 162 Å². The Morgan fingerprint density at radius 3 is 2.64 bits per heavy atom. The molecule has 0 aliphatic rings. The van der Waals surface area contributed by atoms with Crippen molar-refractivity contribution in [3.8, 4) is 11.3 Å². The van der Waals surface area contributed by atoms with E-state index in [1.54, 1.807) is 23.9 Å². The highest BCUT2D eigenvalue weighted by atomic mass is 16.5. The third-order valence-corrected chi connectivity index (χ3v) is 4.28. The quantitative estimate of drug-likeness (QED) is 0.675. The van der Waals surface area contributed by atoms with Crippen LogP contribution in [0.5, 0.6) is 0 Å². The molecule has 146 valence electrons. The van der Waals surface area contributed by atoms with Gasteiger partial charge in [0.2, 0.25) is 0 Å². The van der Waals surface area contributed by atoms with Gasteiger partial charge in [-0.15, -0.1) is 0 Å². The summed E-state index contributed by atoms with van der Waals surface area (Å²) in [5.41, 5.74) is 8.22. The van der Waals surface area contributed by atoms with E-state index in [4.69, 9.17) is 9.72 Å². The Morgan fingerprint density at radius 1 is 1.21 bits per heavy atom. The Hall–Kier alpha value is -3.42. The van der Waals surface area contributed by atoms with E-state index >= 15 is 0 Å². The second-order valence-corrected chi connectivity index (χ2v) is 6.59. The van der Waals surface area contributed by atoms with E-state index < -0.39 is 12.0 Å². The van der Waals surface area contributed by atoms with Crippen molar-refractivity contribution in [2.24, 2.45) is 0 Å². The molecule has 0 fully saturated rings. The lowest BCUT2D eigenvalue weighted by atomic mass is 10.0. The number of hydrogen-bond donors (Lipinski definition) is 2. The summed E-state index contributed by atoms with van der Waals surface area (Å²) in [7, 11) is 0. The van der Waals surface area contributed by atoms with Crippen molar-refractivity contribution in [1.29, 1.82) is 0 Å². The summed E-state index contributed by atoms with van der Waals surface area (Å²) >= 11 is 0. The van der Waals surface area contributed by atoms with Gasteiger partial charge in [0.1, 0.15) is 0 Å². The molecule has 8 nitrogen and oxygen atoms in total. The SMILES string of the molecule is CCOC(=O)NNC(=O)c1cc(-c2ccccc2C)nc2c1cnn2C(C)C. The second kappa shape index (κ2) is 8.08. The van der Waals surface area contributed by atoms with E-state index in [0.717, 1.165) is 11.1 Å². The zero-order valence-electron chi connectivity index (χ0n) is 16.3. The number of benzene rings is 1. The lowest BCUT2D eigenvalue weighted by Crippen LogP contribution is -2.42. The molecule has 0 spiro atoms. The molecule has 2 N–H and O–H groups in total. The minimum Gasteiger partial charge on any atom is -0.449 e. The molecule has 0 unspecified atom stereocenters. The van der Waals surface area contributed by atoms with Gasteiger partial charge in [0.15, 0.2) is 5.65 Å². The van der Waals surface area contributed by atoms with Gasteiger partial charge in [-0.25, -0.2) is 19.9 Å². The molecule has 28 heavy (non-hydrogen) atoms. The molecular weight excluding hydrogens is 358 g/mol. The van der Waals surface area contributed by atoms with Crippen LogP contribution in [0.4, 0.5) is 4.79 Å². The first-order valence-corrected chi connectivity index (χ1v) is 9.09. The summed E-state index contributed by atoms with van der Waals surface area (Å²) in [5.74, 6) is -0.474. The van der Waals surface area contributed by atoms with Crippen LogP contribution < -0.4 is 10.9 Å². The van der Waals surface area contributed by atoms with Crippen molar-refractivity contribution in [3.05, 3.63) is 47.7 Å². The van der Waals surface area contributed by atoms with Crippen LogP contribution >= 0.6 is 0 Å². The first kappa shape index (κ1) is 19.3. The van der Waals surface area contributed by atoms with Gasteiger partial charge in [0, 0.05) is 11.6 Å². The van der Waals surface area contributed by atoms with Crippen molar-refractivity contribution in [2.45, 2.75) is 33.7 Å². The number of nitrogens with zero attached hydrogens (tertiary/aromatic N) is 3. The van der Waals surface area contributed by atoms with Gasteiger partial charge in [-0.2, -0.15) is 5.10 Å². The molecule has 0 aliphatic heterocycles. The number of carbonyl (C=O) groups excluding carboxylic acids is 2. The fourth-order valence-electron chi connectivity index (χ4n) is 2.92. The van der Waals surface area contributed by atoms with E-state index in [9.17, 15) is 9.59 Å². The number of nitrogens with one attached hydrogen (secondary N) is 2. The van der Waals surface area contributed by atoms with Crippen LogP contribution in [0.25, 0.3) is 22.3 Å². The third kappa shape index (κ3) is 3.80. The fraction of sp³-hybridized carbons (Fsp3) is 0.300. The highest BCUT2D eigenvalue weighted by Gasteiger charge is 2.19. The minimum absolute atomic E-state index is 0.0747. The summed E-state index contributed by atoms with van der Waals surface area (Å²) in [6.07, 6.45) is 0.890. The molecule has 3 aromatic rings. The normalized spacial score (nSPS) is 10.9. The van der Waals surface area contributed by atoms with Gasteiger partial charge in [0.25, 0.3) is 5.91 Å². The van der Waals surface area contributed by atoms with Crippen molar-refractivity contribution in [2.75, 3.05) is 6.61 Å². The monoisotopic (exact) mass is 381 g/mol. The summed E-state index contributed by atoms with van der Waals surface area (Å²) < 4.78 is 6.54. The maximum absolute atomic E-state index is 12.8. The number of fused-ring (bicyclic) bond motifs is 1. The molecule has 0 atom stereocenters. The number of pyridine rings is 1. The van der Waals surface area contributed by atoms with Crippen LogP contribution in [0.2, 0.25) is 0 Å². The maximum atomic E-state index is 12.8. The van der Waals surface area contributed by atoms with Crippen LogP contribution in [0.1, 0.15) is 42.7 Å². The standard InChI is InChI=1S/C20H23N5O3/c1-5-28-20(27)24-23-19(26)15-10-17(14-9-7-6-8-13(14)4)22-18-16(15)11-21-25(18)12(2)3/h6-12H,5H2,1-4H3,(H,23,26)(H,24,27). The average molecular weight is 381 g/mol. The highest BCUT2D eigenvalue weighted by Crippen LogP contribution is 2.28. The van der Waals surface area contributed by atoms with Crippen LogP contribution in [0, 0.1) is 6.92 Å². The molecular formula is C20H23N5O3. The zero-order chi connectivity index (χ0) is 20.3. The van der Waals surface area contributed by atoms with E-state index in [2.05, 4.69) is 16.0 Å². The highest BCUT2D eigenvalue weighted by molar-refractivity contribution is 6.06. The number of aryl methyl sites for hydroxylation is 1. The van der Waals surface area contributed by atoms with Gasteiger partial charge in [-0.3, -0.25) is 10.2 Å². The largest absolute Gasteiger partial charge is 0.449 e. The van der Waals surface area contributed by atoms with Crippen molar-refractivity contribution in [3.63, 3.8) is 0 Å². The van der Waals surface area contributed by atoms with Gasteiger partial charge < -0.3 is 4.74 Å². The summed E-state index contributed by atoms with van der Waals surface area (Å²) in [6, 6.07) is 9.61. The number of carbonyl (C=O) groups is 2. The summed E-state index contributed by atoms with van der Waals surface area (Å²) in [5, 5.41) is 4.99. The van der Waals surface area contributed by atoms with E-state index in [0.29, 0.717) is 22.3 Å². The average Bonchev–Trinajstić information content (AvgIpc) is 3.10. The molecule has 2 aromatic heterocycles. The Kier molecular flexibility index (Phi) is 5.58. The van der Waals surface area contributed by atoms with Crippen LogP contribution in [0.15, 0.2) is 36.5 Å². The molecule has 0 aliphatic carbocycles. The molecule has 8 heteroatoms. The minimum atomic E-state index is -0.724. The van der Waals surface area contributed by atoms with E-state index in [1.165, 1.54) is 0 Å². The van der Waals surface area contributed by atoms with Crippen LogP contribution in [-0.4, -0.2) is 33.4 Å². The predicted molar refractivity (Wildman–Crippen MR) is 106 cm³/mol. The topological polar surface area (TPSA) is 98.1 Å². The number of ether oxygens (including phenoxy) is 1. The molecule has 0 radical (unpaired) electrons. The Balaban J connectivity index is 2.09.